The topological polar surface area (TPSA) is 52.8 Å². The molecule has 0 fully saturated rings. The molecular formula is C15H11ClN4O. The number of benzene rings is 1. The van der Waals surface area contributed by atoms with Gasteiger partial charge in [-0.05, 0) is 30.3 Å². The molecule has 104 valence electrons. The molecule has 0 aliphatic carbocycles. The first kappa shape index (κ1) is 12.5. The molecule has 1 aliphatic heterocycles. The van der Waals surface area contributed by atoms with Gasteiger partial charge in [0.15, 0.2) is 5.82 Å². The van der Waals surface area contributed by atoms with Crippen molar-refractivity contribution in [2.24, 2.45) is 0 Å². The first-order valence-electron chi connectivity index (χ1n) is 6.54. The third kappa shape index (κ3) is 2.11. The molecule has 0 spiro atoms. The lowest BCUT2D eigenvalue weighted by atomic mass is 10.0. The Balaban J connectivity index is 1.93. The van der Waals surface area contributed by atoms with Gasteiger partial charge in [-0.3, -0.25) is 9.55 Å². The molecule has 0 radical (unpaired) electrons. The quantitative estimate of drug-likeness (QED) is 0.693. The Morgan fingerprint density at radius 2 is 2.19 bits per heavy atom. The normalized spacial score (nSPS) is 16.9. The number of fused-ring (bicyclic) bond motifs is 3. The molecule has 0 N–H and O–H groups in total. The van der Waals surface area contributed by atoms with Crippen LogP contribution in [0.5, 0.6) is 0 Å². The molecule has 1 aromatic carbocycles. The molecule has 5 nitrogen and oxygen atoms in total. The minimum atomic E-state index is -0.276. The van der Waals surface area contributed by atoms with E-state index in [9.17, 15) is 0 Å². The second-order valence-electron chi connectivity index (χ2n) is 4.77. The first-order valence-corrected chi connectivity index (χ1v) is 6.92. The molecule has 1 unspecified atom stereocenters. The summed E-state index contributed by atoms with van der Waals surface area (Å²) >= 11 is 6.17. The summed E-state index contributed by atoms with van der Waals surface area (Å²) < 4.78 is 7.94. The average molecular weight is 299 g/mol. The summed E-state index contributed by atoms with van der Waals surface area (Å²) in [5.41, 5.74) is 2.77. The largest absolute Gasteiger partial charge is 0.359 e. The van der Waals surface area contributed by atoms with Crippen LogP contribution < -0.4 is 0 Å². The minimum absolute atomic E-state index is 0.276. The van der Waals surface area contributed by atoms with E-state index in [1.165, 1.54) is 0 Å². The van der Waals surface area contributed by atoms with E-state index in [0.717, 1.165) is 22.8 Å². The Morgan fingerprint density at radius 3 is 3.05 bits per heavy atom. The molecule has 3 heterocycles. The number of hydrogen-bond acceptors (Lipinski definition) is 4. The Labute approximate surface area is 126 Å². The van der Waals surface area contributed by atoms with E-state index in [4.69, 9.17) is 16.3 Å². The maximum Gasteiger partial charge on any atom is 0.163 e. The molecule has 1 atom stereocenters. The SMILES string of the molecule is Clc1ccc2c(c1)C(c1ccccn1)OCc1nncn1-2. The van der Waals surface area contributed by atoms with Crippen LogP contribution in [0, 0.1) is 0 Å². The smallest absolute Gasteiger partial charge is 0.163 e. The summed E-state index contributed by atoms with van der Waals surface area (Å²) in [4.78, 5) is 4.41. The lowest BCUT2D eigenvalue weighted by Crippen LogP contribution is -2.07. The Bertz CT molecular complexity index is 787. The molecule has 0 saturated carbocycles. The standard InChI is InChI=1S/C15H11ClN4O/c16-10-4-5-13-11(7-10)15(12-3-1-2-6-17-12)21-8-14-19-18-9-20(13)14/h1-7,9,15H,8H2. The Morgan fingerprint density at radius 1 is 1.24 bits per heavy atom. The van der Waals surface area contributed by atoms with Crippen LogP contribution in [0.15, 0.2) is 48.9 Å². The minimum Gasteiger partial charge on any atom is -0.359 e. The van der Waals surface area contributed by atoms with Crippen molar-refractivity contribution in [2.75, 3.05) is 0 Å². The number of ether oxygens (including phenoxy) is 1. The van der Waals surface area contributed by atoms with Gasteiger partial charge in [0.1, 0.15) is 19.0 Å². The molecule has 21 heavy (non-hydrogen) atoms. The summed E-state index contributed by atoms with van der Waals surface area (Å²) in [6.45, 7) is 0.369. The average Bonchev–Trinajstić information content (AvgIpc) is 2.92. The summed E-state index contributed by atoms with van der Waals surface area (Å²) in [6.07, 6.45) is 3.17. The van der Waals surface area contributed by atoms with Crippen molar-refractivity contribution in [2.45, 2.75) is 12.7 Å². The Hall–Kier alpha value is -2.24. The number of hydrogen-bond donors (Lipinski definition) is 0. The van der Waals surface area contributed by atoms with E-state index in [2.05, 4.69) is 15.2 Å². The van der Waals surface area contributed by atoms with Gasteiger partial charge in [0, 0.05) is 16.8 Å². The highest BCUT2D eigenvalue weighted by atomic mass is 35.5. The van der Waals surface area contributed by atoms with Crippen molar-refractivity contribution in [3.8, 4) is 5.69 Å². The van der Waals surface area contributed by atoms with Gasteiger partial charge in [-0.1, -0.05) is 17.7 Å². The van der Waals surface area contributed by atoms with Gasteiger partial charge < -0.3 is 4.74 Å². The van der Waals surface area contributed by atoms with E-state index >= 15 is 0 Å². The highest BCUT2D eigenvalue weighted by Gasteiger charge is 2.26. The third-order valence-corrected chi connectivity index (χ3v) is 3.72. The molecular weight excluding hydrogens is 288 g/mol. The fraction of sp³-hybridized carbons (Fsp3) is 0.133. The van der Waals surface area contributed by atoms with Gasteiger partial charge in [0.2, 0.25) is 0 Å². The van der Waals surface area contributed by atoms with Crippen LogP contribution in [0.4, 0.5) is 0 Å². The van der Waals surface area contributed by atoms with Gasteiger partial charge in [-0.25, -0.2) is 0 Å². The number of rotatable bonds is 1. The summed E-state index contributed by atoms with van der Waals surface area (Å²) in [6, 6.07) is 11.5. The Kier molecular flexibility index (Phi) is 2.94. The van der Waals surface area contributed by atoms with E-state index in [1.807, 2.05) is 41.0 Å². The van der Waals surface area contributed by atoms with Crippen molar-refractivity contribution >= 4 is 11.6 Å². The van der Waals surface area contributed by atoms with E-state index < -0.39 is 0 Å². The van der Waals surface area contributed by atoms with Crippen molar-refractivity contribution in [1.29, 1.82) is 0 Å². The fourth-order valence-corrected chi connectivity index (χ4v) is 2.72. The maximum atomic E-state index is 6.17. The van der Waals surface area contributed by atoms with Crippen LogP contribution in [0.2, 0.25) is 5.02 Å². The van der Waals surface area contributed by atoms with Crippen LogP contribution in [0.1, 0.15) is 23.2 Å². The predicted molar refractivity (Wildman–Crippen MR) is 77.2 cm³/mol. The van der Waals surface area contributed by atoms with Crippen LogP contribution >= 0.6 is 11.6 Å². The van der Waals surface area contributed by atoms with Gasteiger partial charge in [0.25, 0.3) is 0 Å². The zero-order chi connectivity index (χ0) is 14.2. The summed E-state index contributed by atoms with van der Waals surface area (Å²) in [5, 5.41) is 8.71. The zero-order valence-electron chi connectivity index (χ0n) is 11.0. The van der Waals surface area contributed by atoms with Gasteiger partial charge >= 0.3 is 0 Å². The molecule has 3 aromatic rings. The lowest BCUT2D eigenvalue weighted by Gasteiger charge is -2.17. The number of pyridine rings is 1. The number of nitrogens with zero attached hydrogens (tertiary/aromatic N) is 4. The highest BCUT2D eigenvalue weighted by Crippen LogP contribution is 2.35. The predicted octanol–water partition coefficient (Wildman–Crippen LogP) is 2.94. The van der Waals surface area contributed by atoms with Crippen molar-refractivity contribution < 1.29 is 4.74 Å². The van der Waals surface area contributed by atoms with E-state index in [1.54, 1.807) is 12.5 Å². The van der Waals surface area contributed by atoms with Crippen molar-refractivity contribution in [3.05, 3.63) is 71.0 Å². The van der Waals surface area contributed by atoms with Gasteiger partial charge in [-0.2, -0.15) is 0 Å². The van der Waals surface area contributed by atoms with Crippen LogP contribution in [0.3, 0.4) is 0 Å². The fourth-order valence-electron chi connectivity index (χ4n) is 2.54. The van der Waals surface area contributed by atoms with Crippen LogP contribution in [0.25, 0.3) is 5.69 Å². The second-order valence-corrected chi connectivity index (χ2v) is 5.20. The number of aromatic nitrogens is 4. The summed E-state index contributed by atoms with van der Waals surface area (Å²) in [7, 11) is 0. The molecule has 1 aliphatic rings. The second kappa shape index (κ2) is 4.95. The zero-order valence-corrected chi connectivity index (χ0v) is 11.7. The highest BCUT2D eigenvalue weighted by molar-refractivity contribution is 6.30. The molecule has 6 heteroatoms. The van der Waals surface area contributed by atoms with Crippen LogP contribution in [-0.2, 0) is 11.3 Å². The molecule has 0 saturated heterocycles. The van der Waals surface area contributed by atoms with Gasteiger partial charge in [-0.15, -0.1) is 10.2 Å². The van der Waals surface area contributed by atoms with E-state index in [0.29, 0.717) is 11.6 Å². The monoisotopic (exact) mass is 298 g/mol. The number of halogens is 1. The summed E-state index contributed by atoms with van der Waals surface area (Å²) in [5.74, 6) is 0.761. The molecule has 0 bridgehead atoms. The first-order chi connectivity index (χ1) is 10.3. The maximum absolute atomic E-state index is 6.17. The third-order valence-electron chi connectivity index (χ3n) is 3.49. The van der Waals surface area contributed by atoms with Crippen molar-refractivity contribution in [1.82, 2.24) is 19.7 Å². The van der Waals surface area contributed by atoms with Gasteiger partial charge in [0.05, 0.1) is 11.4 Å². The lowest BCUT2D eigenvalue weighted by molar-refractivity contribution is 0.0628. The van der Waals surface area contributed by atoms with Crippen molar-refractivity contribution in [3.63, 3.8) is 0 Å². The molecule has 2 aromatic heterocycles. The van der Waals surface area contributed by atoms with Crippen LogP contribution in [-0.4, -0.2) is 19.7 Å². The molecule has 4 rings (SSSR count). The molecule has 0 amide bonds. The van der Waals surface area contributed by atoms with E-state index in [-0.39, 0.29) is 6.10 Å².